The molecule has 23 heavy (non-hydrogen) atoms. The maximum atomic E-state index is 12.5. The first-order chi connectivity index (χ1) is 11.1. The number of rotatable bonds is 3. The number of fused-ring (bicyclic) bond motifs is 2. The third-order valence-electron chi connectivity index (χ3n) is 4.84. The third kappa shape index (κ3) is 3.09. The highest BCUT2D eigenvalue weighted by atomic mass is 16.2. The van der Waals surface area contributed by atoms with E-state index in [1.165, 1.54) is 12.8 Å². The van der Waals surface area contributed by atoms with Gasteiger partial charge in [-0.25, -0.2) is 4.79 Å². The summed E-state index contributed by atoms with van der Waals surface area (Å²) in [6, 6.07) is 6.71. The number of carbonyl (C=O) groups excluding carboxylic acids is 1. The van der Waals surface area contributed by atoms with Crippen LogP contribution in [-0.4, -0.2) is 36.3 Å². The molecule has 2 saturated heterocycles. The number of piperidine rings is 1. The molecule has 0 radical (unpaired) electrons. The zero-order valence-electron chi connectivity index (χ0n) is 13.7. The fourth-order valence-electron chi connectivity index (χ4n) is 3.58. The van der Waals surface area contributed by atoms with E-state index in [4.69, 9.17) is 5.73 Å². The highest BCUT2D eigenvalue weighted by Gasteiger charge is 2.44. The van der Waals surface area contributed by atoms with Crippen LogP contribution < -0.4 is 11.1 Å². The molecule has 0 aliphatic carbocycles. The molecule has 2 aliphatic rings. The Labute approximate surface area is 138 Å². The Morgan fingerprint density at radius 2 is 2.17 bits per heavy atom. The summed E-state index contributed by atoms with van der Waals surface area (Å²) in [7, 11) is 1.71. The lowest BCUT2D eigenvalue weighted by atomic mass is 9.80. The molecule has 124 valence electrons. The van der Waals surface area contributed by atoms with Crippen LogP contribution >= 0.6 is 0 Å². The quantitative estimate of drug-likeness (QED) is 0.839. The van der Waals surface area contributed by atoms with Gasteiger partial charge in [0.15, 0.2) is 0 Å². The first-order valence-corrected chi connectivity index (χ1v) is 8.18. The van der Waals surface area contributed by atoms with E-state index in [-0.39, 0.29) is 7.46 Å². The Kier molecular flexibility index (Phi) is 4.37. The van der Waals surface area contributed by atoms with Gasteiger partial charge in [0.1, 0.15) is 0 Å². The zero-order chi connectivity index (χ0) is 16.4. The lowest BCUT2D eigenvalue weighted by Crippen LogP contribution is -2.62. The number of nitrogens with zero attached hydrogens (tertiary/aromatic N) is 2. The molecule has 2 aliphatic heterocycles. The van der Waals surface area contributed by atoms with Crippen LogP contribution in [0.5, 0.6) is 0 Å². The summed E-state index contributed by atoms with van der Waals surface area (Å²) < 4.78 is 0. The summed E-state index contributed by atoms with van der Waals surface area (Å²) in [5.74, 6) is 0. The molecule has 0 saturated carbocycles. The highest BCUT2D eigenvalue weighted by Crippen LogP contribution is 2.38. The van der Waals surface area contributed by atoms with Crippen molar-refractivity contribution < 1.29 is 6.22 Å². The molecule has 2 bridgehead atoms. The molecule has 2 fully saturated rings. The van der Waals surface area contributed by atoms with Gasteiger partial charge in [0, 0.05) is 43.7 Å². The maximum absolute atomic E-state index is 12.5. The summed E-state index contributed by atoms with van der Waals surface area (Å²) in [4.78, 5) is 18.4. The molecule has 2 amide bonds. The third-order valence-corrected chi connectivity index (χ3v) is 4.84. The second-order valence-electron chi connectivity index (χ2n) is 6.37. The lowest BCUT2D eigenvalue weighted by Gasteiger charge is -2.52. The fourth-order valence-corrected chi connectivity index (χ4v) is 3.58. The number of hydrogen-bond donors (Lipinski definition) is 2. The topological polar surface area (TPSA) is 70.7 Å². The van der Waals surface area contributed by atoms with Gasteiger partial charge in [-0.3, -0.25) is 4.99 Å². The summed E-state index contributed by atoms with van der Waals surface area (Å²) in [6.07, 6.45) is 8.12. The van der Waals surface area contributed by atoms with Crippen LogP contribution in [0.4, 0.5) is 10.5 Å². The summed E-state index contributed by atoms with van der Waals surface area (Å²) in [5, 5.41) is 3.02. The monoisotopic (exact) mass is 314 g/mol. The molecule has 2 unspecified atom stereocenters. The Hall–Kier alpha value is -2.30. The Morgan fingerprint density at radius 3 is 2.83 bits per heavy atom. The van der Waals surface area contributed by atoms with Gasteiger partial charge in [-0.1, -0.05) is 6.07 Å². The van der Waals surface area contributed by atoms with E-state index in [0.717, 1.165) is 29.7 Å². The molecule has 2 atom stereocenters. The zero-order valence-corrected chi connectivity index (χ0v) is 13.7. The Bertz CT molecular complexity index is 657. The van der Waals surface area contributed by atoms with Crippen molar-refractivity contribution in [1.82, 2.24) is 4.90 Å². The summed E-state index contributed by atoms with van der Waals surface area (Å²) >= 11 is 0. The van der Waals surface area contributed by atoms with Crippen LogP contribution in [0.2, 0.25) is 0 Å². The minimum atomic E-state index is 0. The van der Waals surface area contributed by atoms with Crippen LogP contribution in [0, 0.1) is 6.92 Å². The maximum Gasteiger partial charge on any atom is 0.322 e. The highest BCUT2D eigenvalue weighted by molar-refractivity contribution is 5.92. The van der Waals surface area contributed by atoms with Crippen molar-refractivity contribution >= 4 is 23.6 Å². The predicted octanol–water partition coefficient (Wildman–Crippen LogP) is 3.40. The minimum Gasteiger partial charge on any atom is -0.398 e. The molecule has 0 aromatic heterocycles. The molecule has 1 aromatic rings. The molecule has 5 heteroatoms. The van der Waals surface area contributed by atoms with Crippen molar-refractivity contribution in [2.45, 2.75) is 44.7 Å². The normalized spacial score (nSPS) is 23.7. The molecule has 2 heterocycles. The summed E-state index contributed by atoms with van der Waals surface area (Å²) in [6.45, 7) is 2.00. The molecular formula is C18H26N4O. The van der Waals surface area contributed by atoms with Crippen LogP contribution in [-0.2, 0) is 0 Å². The van der Waals surface area contributed by atoms with E-state index in [0.29, 0.717) is 17.8 Å². The number of benzene rings is 1. The number of hydrogen-bond acceptors (Lipinski definition) is 3. The molecule has 5 nitrogen and oxygen atoms in total. The first-order valence-electron chi connectivity index (χ1n) is 8.18. The number of carbonyl (C=O) groups is 1. The van der Waals surface area contributed by atoms with Crippen molar-refractivity contribution in [3.05, 3.63) is 35.4 Å². The van der Waals surface area contributed by atoms with E-state index in [9.17, 15) is 4.79 Å². The smallest absolute Gasteiger partial charge is 0.322 e. The summed E-state index contributed by atoms with van der Waals surface area (Å²) in [5.41, 5.74) is 9.52. The van der Waals surface area contributed by atoms with Crippen LogP contribution in [0.25, 0.3) is 5.70 Å². The average Bonchev–Trinajstić information content (AvgIpc) is 2.55. The average molecular weight is 314 g/mol. The predicted molar refractivity (Wildman–Crippen MR) is 96.8 cm³/mol. The van der Waals surface area contributed by atoms with Gasteiger partial charge in [0.05, 0.1) is 0 Å². The number of aryl methyl sites for hydroxylation is 1. The number of urea groups is 1. The molecule has 0 spiro atoms. The first kappa shape index (κ1) is 15.6. The van der Waals surface area contributed by atoms with Crippen LogP contribution in [0.3, 0.4) is 0 Å². The van der Waals surface area contributed by atoms with Crippen LogP contribution in [0.1, 0.15) is 38.2 Å². The number of nitrogens with two attached hydrogens (primary N) is 1. The fraction of sp³-hybridized carbons (Fsp3) is 0.444. The van der Waals surface area contributed by atoms with E-state index >= 15 is 0 Å². The van der Waals surface area contributed by atoms with Crippen molar-refractivity contribution in [2.75, 3.05) is 12.4 Å². The SMILES string of the molecule is CN=C/C=C(\N)c1cc(NC(=O)N2C3CCCC2C3)ccc1C.[HH]. The van der Waals surface area contributed by atoms with Gasteiger partial charge in [-0.15, -0.1) is 0 Å². The number of allylic oxidation sites excluding steroid dienone is 1. The Morgan fingerprint density at radius 1 is 1.43 bits per heavy atom. The lowest BCUT2D eigenvalue weighted by molar-refractivity contribution is 0.0173. The molecule has 1 aromatic carbocycles. The standard InChI is InChI=1S/C18H24N4O.H2/c1-12-6-7-13(10-16(12)17(19)8-9-20-2)21-18(23)22-14-4-3-5-15(22)11-14;/h6-10,14-15H,3-5,11,19H2,1-2H3,(H,21,23);1H/b17-8-,20-9?;. The largest absolute Gasteiger partial charge is 0.398 e. The van der Waals surface area contributed by atoms with Gasteiger partial charge in [-0.2, -0.15) is 0 Å². The number of aliphatic imine (C=N–C) groups is 1. The van der Waals surface area contributed by atoms with Crippen molar-refractivity contribution in [3.63, 3.8) is 0 Å². The van der Waals surface area contributed by atoms with Gasteiger partial charge in [-0.05, 0) is 56.4 Å². The number of anilines is 1. The number of nitrogens with one attached hydrogen (secondary N) is 1. The minimum absolute atomic E-state index is 0. The van der Waals surface area contributed by atoms with Gasteiger partial charge >= 0.3 is 6.03 Å². The van der Waals surface area contributed by atoms with E-state index in [2.05, 4.69) is 10.3 Å². The van der Waals surface area contributed by atoms with Crippen molar-refractivity contribution in [1.29, 1.82) is 0 Å². The van der Waals surface area contributed by atoms with E-state index < -0.39 is 0 Å². The van der Waals surface area contributed by atoms with Gasteiger partial charge in [0.2, 0.25) is 0 Å². The van der Waals surface area contributed by atoms with Crippen molar-refractivity contribution in [3.8, 4) is 0 Å². The van der Waals surface area contributed by atoms with Crippen LogP contribution in [0.15, 0.2) is 29.3 Å². The second kappa shape index (κ2) is 6.44. The van der Waals surface area contributed by atoms with E-state index in [1.807, 2.05) is 30.0 Å². The molecule has 3 rings (SSSR count). The molecular weight excluding hydrogens is 288 g/mol. The number of amides is 2. The van der Waals surface area contributed by atoms with Gasteiger partial charge < -0.3 is 16.0 Å². The van der Waals surface area contributed by atoms with Crippen molar-refractivity contribution in [2.24, 2.45) is 10.7 Å². The van der Waals surface area contributed by atoms with E-state index in [1.54, 1.807) is 19.3 Å². The second-order valence-corrected chi connectivity index (χ2v) is 6.37. The Balaban J connectivity index is 0.00000208. The van der Waals surface area contributed by atoms with Gasteiger partial charge in [0.25, 0.3) is 0 Å². The molecule has 3 N–H and O–H groups in total.